The van der Waals surface area contributed by atoms with E-state index < -0.39 is 0 Å². The van der Waals surface area contributed by atoms with Gasteiger partial charge in [0.1, 0.15) is 5.75 Å². The summed E-state index contributed by atoms with van der Waals surface area (Å²) in [6, 6.07) is 18.7. The number of rotatable bonds is 9. The van der Waals surface area contributed by atoms with E-state index in [9.17, 15) is 0 Å². The second kappa shape index (κ2) is 7.75. The minimum Gasteiger partial charge on any atom is -0.477 e. The number of hydroxylamine groups is 1. The molecule has 142 valence electrons. The Balaban J connectivity index is 1.44. The van der Waals surface area contributed by atoms with Gasteiger partial charge in [-0.1, -0.05) is 42.5 Å². The lowest BCUT2D eigenvalue weighted by atomic mass is 10.0. The van der Waals surface area contributed by atoms with Gasteiger partial charge in [-0.25, -0.2) is 0 Å². The molecule has 0 bridgehead atoms. The first-order valence-corrected chi connectivity index (χ1v) is 9.81. The molecule has 4 nitrogen and oxygen atoms in total. The van der Waals surface area contributed by atoms with Gasteiger partial charge >= 0.3 is 0 Å². The first-order chi connectivity index (χ1) is 13.2. The SMILES string of the molecule is CN(C)CCCCCONC1=C2CC2(c2ccccc2)Oc2ccccc21. The van der Waals surface area contributed by atoms with Crippen LogP contribution in [0.5, 0.6) is 5.75 Å². The van der Waals surface area contributed by atoms with Crippen molar-refractivity contribution >= 4 is 5.70 Å². The summed E-state index contributed by atoms with van der Waals surface area (Å²) < 4.78 is 6.43. The Morgan fingerprint density at radius 3 is 2.59 bits per heavy atom. The smallest absolute Gasteiger partial charge is 0.162 e. The van der Waals surface area contributed by atoms with E-state index in [2.05, 4.69) is 54.8 Å². The molecular formula is C23H28N2O2. The standard InChI is InChI=1S/C23H28N2O2/c1-25(2)15-9-4-10-16-26-24-22-19-13-7-8-14-21(19)27-23(17-20(22)23)18-11-5-3-6-12-18/h3,5-8,11-14,24H,4,9-10,15-17H2,1-2H3. The van der Waals surface area contributed by atoms with Gasteiger partial charge in [0.2, 0.25) is 0 Å². The third kappa shape index (κ3) is 3.73. The average Bonchev–Trinajstić information content (AvgIpc) is 3.42. The van der Waals surface area contributed by atoms with Gasteiger partial charge in [0.25, 0.3) is 0 Å². The molecule has 0 aromatic heterocycles. The van der Waals surface area contributed by atoms with Crippen LogP contribution in [0, 0.1) is 0 Å². The minimum absolute atomic E-state index is 0.326. The lowest BCUT2D eigenvalue weighted by Gasteiger charge is -2.26. The highest BCUT2D eigenvalue weighted by Crippen LogP contribution is 2.60. The third-order valence-corrected chi connectivity index (χ3v) is 5.30. The van der Waals surface area contributed by atoms with Gasteiger partial charge < -0.3 is 9.64 Å². The molecule has 4 rings (SSSR count). The number of ether oxygens (including phenoxy) is 1. The molecule has 0 amide bonds. The van der Waals surface area contributed by atoms with Gasteiger partial charge in [-0.15, -0.1) is 0 Å². The fourth-order valence-corrected chi connectivity index (χ4v) is 3.77. The van der Waals surface area contributed by atoms with Crippen molar-refractivity contribution in [2.75, 3.05) is 27.2 Å². The Morgan fingerprint density at radius 1 is 1.00 bits per heavy atom. The maximum absolute atomic E-state index is 6.43. The predicted molar refractivity (Wildman–Crippen MR) is 108 cm³/mol. The maximum Gasteiger partial charge on any atom is 0.162 e. The van der Waals surface area contributed by atoms with Gasteiger partial charge in [0.05, 0.1) is 12.3 Å². The Hall–Kier alpha value is -2.30. The molecule has 1 unspecified atom stereocenters. The number of para-hydroxylation sites is 1. The molecule has 2 aromatic carbocycles. The van der Waals surface area contributed by atoms with Crippen molar-refractivity contribution in [1.29, 1.82) is 0 Å². The van der Waals surface area contributed by atoms with E-state index in [4.69, 9.17) is 9.57 Å². The summed E-state index contributed by atoms with van der Waals surface area (Å²) in [5.41, 5.74) is 7.58. The van der Waals surface area contributed by atoms with Crippen LogP contribution < -0.4 is 10.2 Å². The largest absolute Gasteiger partial charge is 0.477 e. The van der Waals surface area contributed by atoms with E-state index >= 15 is 0 Å². The van der Waals surface area contributed by atoms with Gasteiger partial charge in [0, 0.05) is 23.1 Å². The Bertz CT molecular complexity index is 816. The van der Waals surface area contributed by atoms with Crippen LogP contribution in [0.4, 0.5) is 0 Å². The second-order valence-corrected chi connectivity index (χ2v) is 7.64. The zero-order valence-electron chi connectivity index (χ0n) is 16.2. The van der Waals surface area contributed by atoms with Crippen molar-refractivity contribution < 1.29 is 9.57 Å². The number of hydrogen-bond acceptors (Lipinski definition) is 4. The van der Waals surface area contributed by atoms with E-state index in [1.54, 1.807) is 0 Å². The first-order valence-electron chi connectivity index (χ1n) is 9.81. The van der Waals surface area contributed by atoms with E-state index in [0.717, 1.165) is 36.4 Å². The zero-order valence-corrected chi connectivity index (χ0v) is 16.2. The highest BCUT2D eigenvalue weighted by Gasteiger charge is 2.58. The molecule has 1 atom stereocenters. The van der Waals surface area contributed by atoms with Crippen molar-refractivity contribution in [3.63, 3.8) is 0 Å². The van der Waals surface area contributed by atoms with Crippen LogP contribution in [0.2, 0.25) is 0 Å². The molecule has 2 aliphatic rings. The van der Waals surface area contributed by atoms with Crippen LogP contribution >= 0.6 is 0 Å². The number of nitrogens with zero attached hydrogens (tertiary/aromatic N) is 1. The Labute approximate surface area is 161 Å². The first kappa shape index (κ1) is 18.1. The molecule has 1 N–H and O–H groups in total. The summed E-state index contributed by atoms with van der Waals surface area (Å²) in [5.74, 6) is 0.916. The van der Waals surface area contributed by atoms with Gasteiger partial charge in [0.15, 0.2) is 5.60 Å². The van der Waals surface area contributed by atoms with E-state index in [1.807, 2.05) is 24.3 Å². The molecule has 2 aromatic rings. The summed E-state index contributed by atoms with van der Waals surface area (Å²) in [6.45, 7) is 1.85. The Kier molecular flexibility index (Phi) is 5.19. The zero-order chi connectivity index (χ0) is 18.7. The maximum atomic E-state index is 6.43. The molecule has 0 spiro atoms. The van der Waals surface area contributed by atoms with Crippen molar-refractivity contribution in [3.05, 3.63) is 71.3 Å². The molecule has 0 saturated heterocycles. The molecule has 1 aliphatic carbocycles. The van der Waals surface area contributed by atoms with Crippen LogP contribution in [-0.4, -0.2) is 32.1 Å². The van der Waals surface area contributed by atoms with Gasteiger partial charge in [-0.2, -0.15) is 0 Å². The summed E-state index contributed by atoms with van der Waals surface area (Å²) in [7, 11) is 4.23. The molecule has 27 heavy (non-hydrogen) atoms. The highest BCUT2D eigenvalue weighted by molar-refractivity contribution is 5.80. The van der Waals surface area contributed by atoms with Crippen molar-refractivity contribution in [3.8, 4) is 5.75 Å². The summed E-state index contributed by atoms with van der Waals surface area (Å²) >= 11 is 0. The number of benzene rings is 2. The third-order valence-electron chi connectivity index (χ3n) is 5.30. The van der Waals surface area contributed by atoms with E-state index in [-0.39, 0.29) is 5.60 Å². The highest BCUT2D eigenvalue weighted by atomic mass is 16.6. The molecule has 1 heterocycles. The number of fused-ring (bicyclic) bond motifs is 2. The average molecular weight is 364 g/mol. The minimum atomic E-state index is -0.326. The number of unbranched alkanes of at least 4 members (excludes halogenated alkanes) is 2. The van der Waals surface area contributed by atoms with Crippen molar-refractivity contribution in [2.24, 2.45) is 0 Å². The van der Waals surface area contributed by atoms with Gasteiger partial charge in [-0.05, 0) is 52.0 Å². The van der Waals surface area contributed by atoms with Crippen LogP contribution in [-0.2, 0) is 10.4 Å². The Morgan fingerprint density at radius 2 is 1.78 bits per heavy atom. The van der Waals surface area contributed by atoms with E-state index in [1.165, 1.54) is 24.0 Å². The normalized spacial score (nSPS) is 20.1. The molecule has 1 aliphatic heterocycles. The van der Waals surface area contributed by atoms with Crippen LogP contribution in [0.25, 0.3) is 5.70 Å². The predicted octanol–water partition coefficient (Wildman–Crippen LogP) is 4.34. The quantitative estimate of drug-likeness (QED) is 0.530. The summed E-state index contributed by atoms with van der Waals surface area (Å²) in [4.78, 5) is 8.06. The number of nitrogens with one attached hydrogen (secondary N) is 1. The second-order valence-electron chi connectivity index (χ2n) is 7.64. The summed E-state index contributed by atoms with van der Waals surface area (Å²) in [6.07, 6.45) is 4.35. The van der Waals surface area contributed by atoms with Crippen molar-refractivity contribution in [1.82, 2.24) is 10.4 Å². The fraction of sp³-hybridized carbons (Fsp3) is 0.391. The monoisotopic (exact) mass is 364 g/mol. The molecular weight excluding hydrogens is 336 g/mol. The van der Waals surface area contributed by atoms with Crippen molar-refractivity contribution in [2.45, 2.75) is 31.3 Å². The lowest BCUT2D eigenvalue weighted by Crippen LogP contribution is -2.24. The van der Waals surface area contributed by atoms with E-state index in [0.29, 0.717) is 6.61 Å². The van der Waals surface area contributed by atoms with Gasteiger partial charge in [-0.3, -0.25) is 10.3 Å². The molecule has 4 heteroatoms. The number of hydrogen-bond donors (Lipinski definition) is 1. The molecule has 1 saturated carbocycles. The van der Waals surface area contributed by atoms with Crippen LogP contribution in [0.3, 0.4) is 0 Å². The lowest BCUT2D eigenvalue weighted by molar-refractivity contribution is 0.0729. The fourth-order valence-electron chi connectivity index (χ4n) is 3.77. The van der Waals surface area contributed by atoms with Crippen LogP contribution in [0.1, 0.15) is 36.8 Å². The van der Waals surface area contributed by atoms with Crippen LogP contribution in [0.15, 0.2) is 60.2 Å². The summed E-state index contributed by atoms with van der Waals surface area (Å²) in [5, 5.41) is 0. The molecule has 0 radical (unpaired) electrons. The topological polar surface area (TPSA) is 33.7 Å². The molecule has 1 fully saturated rings.